The fraction of sp³-hybridized carbons (Fsp3) is 0.375. The second kappa shape index (κ2) is 7.43. The molecule has 0 amide bonds. The Morgan fingerprint density at radius 3 is 2.64 bits per heavy atom. The number of aromatic nitrogens is 5. The lowest BCUT2D eigenvalue weighted by Gasteiger charge is -2.26. The van der Waals surface area contributed by atoms with Gasteiger partial charge in [0.25, 0.3) is 0 Å². The maximum Gasteiger partial charge on any atom is 0.184 e. The first-order chi connectivity index (χ1) is 13.3. The van der Waals surface area contributed by atoms with Crippen molar-refractivity contribution in [2.75, 3.05) is 24.7 Å². The van der Waals surface area contributed by atoms with Gasteiger partial charge in [-0.2, -0.15) is 0 Å². The van der Waals surface area contributed by atoms with Gasteiger partial charge in [0.2, 0.25) is 0 Å². The van der Waals surface area contributed by atoms with Crippen LogP contribution >= 0.6 is 23.4 Å². The average molecular weight is 442 g/mol. The number of piperidine rings is 1. The van der Waals surface area contributed by atoms with Gasteiger partial charge < -0.3 is 5.32 Å². The van der Waals surface area contributed by atoms with Gasteiger partial charge in [0.1, 0.15) is 6.33 Å². The molecule has 28 heavy (non-hydrogen) atoms. The van der Waals surface area contributed by atoms with Crippen molar-refractivity contribution in [3.63, 3.8) is 0 Å². The fourth-order valence-electron chi connectivity index (χ4n) is 3.14. The summed E-state index contributed by atoms with van der Waals surface area (Å²) in [7, 11) is -3.34. The summed E-state index contributed by atoms with van der Waals surface area (Å²) in [6, 6.07) is 4.64. The molecule has 1 aliphatic heterocycles. The number of rotatable bonds is 4. The summed E-state index contributed by atoms with van der Waals surface area (Å²) in [5, 5.41) is 11.9. The largest absolute Gasteiger partial charge is 0.337 e. The lowest BCUT2D eigenvalue weighted by atomic mass is 10.1. The molecule has 1 aliphatic rings. The number of halogens is 2. The van der Waals surface area contributed by atoms with Crippen molar-refractivity contribution >= 4 is 55.9 Å². The normalized spacial score (nSPS) is 16.5. The average Bonchev–Trinajstić information content (AvgIpc) is 3.08. The summed E-state index contributed by atoms with van der Waals surface area (Å²) in [5.74, 6) is 0.444. The number of nitrogens with zero attached hydrogens (tertiary/aromatic N) is 6. The molecule has 0 atom stereocenters. The first kappa shape index (κ1) is 19.3. The number of nitrogens with one attached hydrogen (secondary N) is 1. The van der Waals surface area contributed by atoms with E-state index in [2.05, 4.69) is 25.6 Å². The van der Waals surface area contributed by atoms with Crippen LogP contribution in [0.4, 0.5) is 11.5 Å². The molecule has 1 N–H and O–H groups in total. The monoisotopic (exact) mass is 441 g/mol. The Bertz CT molecular complexity index is 1130. The van der Waals surface area contributed by atoms with Crippen LogP contribution in [0.5, 0.6) is 0 Å². The molecule has 0 unspecified atom stereocenters. The summed E-state index contributed by atoms with van der Waals surface area (Å²) >= 11 is 12.3. The van der Waals surface area contributed by atoms with Crippen molar-refractivity contribution in [3.8, 4) is 0 Å². The van der Waals surface area contributed by atoms with E-state index in [0.717, 1.165) is 32.2 Å². The summed E-state index contributed by atoms with van der Waals surface area (Å²) in [6.07, 6.45) is 4.27. The van der Waals surface area contributed by atoms with E-state index in [1.165, 1.54) is 18.5 Å². The van der Waals surface area contributed by atoms with E-state index in [9.17, 15) is 8.42 Å². The van der Waals surface area contributed by atoms with E-state index in [1.54, 1.807) is 15.2 Å². The molecule has 4 rings (SSSR count). The molecule has 3 aromatic rings. The molecule has 1 aromatic carbocycles. The van der Waals surface area contributed by atoms with E-state index < -0.39 is 9.84 Å². The van der Waals surface area contributed by atoms with Gasteiger partial charge >= 0.3 is 0 Å². The number of fused-ring (bicyclic) bond motifs is 1. The maximum atomic E-state index is 11.7. The van der Waals surface area contributed by atoms with Crippen LogP contribution in [0.15, 0.2) is 29.4 Å². The Labute approximate surface area is 171 Å². The van der Waals surface area contributed by atoms with Crippen LogP contribution < -0.4 is 5.32 Å². The molecule has 1 saturated heterocycles. The van der Waals surface area contributed by atoms with Crippen molar-refractivity contribution in [1.82, 2.24) is 29.4 Å². The molecular formula is C16H17Cl2N7O2S. The molecule has 0 aliphatic carbocycles. The van der Waals surface area contributed by atoms with E-state index in [1.807, 2.05) is 0 Å². The van der Waals surface area contributed by atoms with Crippen molar-refractivity contribution in [3.05, 3.63) is 29.5 Å². The Balaban J connectivity index is 1.65. The third-order valence-corrected chi connectivity index (χ3v) is 6.40. The highest BCUT2D eigenvalue weighted by Gasteiger charge is 2.24. The minimum absolute atomic E-state index is 0.146. The zero-order valence-corrected chi connectivity index (χ0v) is 17.2. The quantitative estimate of drug-likeness (QED) is 0.615. The maximum absolute atomic E-state index is 11.7. The highest BCUT2D eigenvalue weighted by Crippen LogP contribution is 2.31. The SMILES string of the molecule is CS(=O)(=O)c1ccc(Nc2ncnc3c2nnn3C2CCN(Cl)CC2)c(Cl)c1. The third kappa shape index (κ3) is 3.77. The minimum Gasteiger partial charge on any atom is -0.337 e. The zero-order valence-electron chi connectivity index (χ0n) is 14.9. The highest BCUT2D eigenvalue weighted by molar-refractivity contribution is 7.90. The Hall–Kier alpha value is -2.01. The predicted molar refractivity (Wildman–Crippen MR) is 107 cm³/mol. The van der Waals surface area contributed by atoms with E-state index in [0.29, 0.717) is 22.7 Å². The number of sulfone groups is 1. The molecule has 2 aromatic heterocycles. The number of anilines is 2. The zero-order chi connectivity index (χ0) is 19.9. The Morgan fingerprint density at radius 1 is 1.21 bits per heavy atom. The molecule has 12 heteroatoms. The van der Waals surface area contributed by atoms with Gasteiger partial charge in [-0.05, 0) is 42.8 Å². The van der Waals surface area contributed by atoms with Crippen LogP contribution in [0.3, 0.4) is 0 Å². The van der Waals surface area contributed by atoms with Crippen LogP contribution in [0, 0.1) is 0 Å². The van der Waals surface area contributed by atoms with Crippen molar-refractivity contribution in [2.45, 2.75) is 23.8 Å². The highest BCUT2D eigenvalue weighted by atomic mass is 35.5. The fourth-order valence-corrected chi connectivity index (χ4v) is 4.27. The van der Waals surface area contributed by atoms with Crippen LogP contribution in [-0.2, 0) is 9.84 Å². The summed E-state index contributed by atoms with van der Waals surface area (Å²) in [5.41, 5.74) is 1.65. The number of hydrogen-bond donors (Lipinski definition) is 1. The molecule has 0 spiro atoms. The number of benzene rings is 1. The number of hydrogen-bond acceptors (Lipinski definition) is 8. The van der Waals surface area contributed by atoms with Gasteiger partial charge in [-0.1, -0.05) is 16.8 Å². The van der Waals surface area contributed by atoms with Crippen molar-refractivity contribution in [1.29, 1.82) is 0 Å². The first-order valence-electron chi connectivity index (χ1n) is 8.56. The topological polar surface area (TPSA) is 106 Å². The summed E-state index contributed by atoms with van der Waals surface area (Å²) in [6.45, 7) is 1.54. The van der Waals surface area contributed by atoms with Gasteiger partial charge in [0.15, 0.2) is 26.8 Å². The molecule has 148 valence electrons. The van der Waals surface area contributed by atoms with Gasteiger partial charge in [-0.15, -0.1) is 5.10 Å². The summed E-state index contributed by atoms with van der Waals surface area (Å²) < 4.78 is 26.9. The van der Waals surface area contributed by atoms with Crippen LogP contribution in [-0.4, -0.2) is 57.1 Å². The van der Waals surface area contributed by atoms with Gasteiger partial charge in [-0.3, -0.25) is 0 Å². The van der Waals surface area contributed by atoms with Crippen LogP contribution in [0.2, 0.25) is 5.02 Å². The molecule has 0 saturated carbocycles. The Morgan fingerprint density at radius 2 is 1.96 bits per heavy atom. The summed E-state index contributed by atoms with van der Waals surface area (Å²) in [4.78, 5) is 8.72. The van der Waals surface area contributed by atoms with E-state index in [-0.39, 0.29) is 16.0 Å². The van der Waals surface area contributed by atoms with E-state index in [4.69, 9.17) is 23.4 Å². The molecular weight excluding hydrogens is 425 g/mol. The predicted octanol–water partition coefficient (Wildman–Crippen LogP) is 2.81. The van der Waals surface area contributed by atoms with Crippen molar-refractivity contribution in [2.24, 2.45) is 0 Å². The molecule has 3 heterocycles. The second-order valence-corrected chi connectivity index (χ2v) is 9.51. The minimum atomic E-state index is -3.34. The smallest absolute Gasteiger partial charge is 0.184 e. The molecule has 1 fully saturated rings. The molecule has 0 bridgehead atoms. The van der Waals surface area contributed by atoms with Crippen LogP contribution in [0.1, 0.15) is 18.9 Å². The van der Waals surface area contributed by atoms with E-state index >= 15 is 0 Å². The second-order valence-electron chi connectivity index (χ2n) is 6.61. The van der Waals surface area contributed by atoms with Gasteiger partial charge in [0, 0.05) is 19.3 Å². The molecule has 9 nitrogen and oxygen atoms in total. The standard InChI is InChI=1S/C16H17Cl2N7O2S/c1-28(26,27)11-2-3-13(12(17)8-11)21-15-14-16(20-9-19-15)25(23-22-14)10-4-6-24(18)7-5-10/h2-3,8-10H,4-7H2,1H3,(H,19,20,21). The molecule has 0 radical (unpaired) electrons. The van der Waals surface area contributed by atoms with Crippen LogP contribution in [0.25, 0.3) is 11.2 Å². The first-order valence-corrected chi connectivity index (χ1v) is 11.2. The lowest BCUT2D eigenvalue weighted by Crippen LogP contribution is -2.28. The van der Waals surface area contributed by atoms with Gasteiger partial charge in [-0.25, -0.2) is 27.5 Å². The van der Waals surface area contributed by atoms with Crippen molar-refractivity contribution < 1.29 is 8.42 Å². The van der Waals surface area contributed by atoms with Gasteiger partial charge in [0.05, 0.1) is 21.6 Å². The Kier molecular flexibility index (Phi) is 5.13. The lowest BCUT2D eigenvalue weighted by molar-refractivity contribution is 0.270. The third-order valence-electron chi connectivity index (χ3n) is 4.64.